The van der Waals surface area contributed by atoms with E-state index in [-0.39, 0.29) is 16.6 Å². The normalized spacial score (nSPS) is 11.2. The van der Waals surface area contributed by atoms with Crippen molar-refractivity contribution in [3.05, 3.63) is 32.4 Å². The molecule has 0 amide bonds. The van der Waals surface area contributed by atoms with Gasteiger partial charge < -0.3 is 0 Å². The predicted molar refractivity (Wildman–Crippen MR) is 55.4 cm³/mol. The van der Waals surface area contributed by atoms with E-state index in [0.717, 1.165) is 6.07 Å². The second kappa shape index (κ2) is 3.78. The minimum atomic E-state index is -2.75. The highest BCUT2D eigenvalue weighted by Crippen LogP contribution is 2.33. The van der Waals surface area contributed by atoms with Crippen molar-refractivity contribution in [2.45, 2.75) is 6.43 Å². The van der Waals surface area contributed by atoms with Gasteiger partial charge in [-0.15, -0.1) is 0 Å². The van der Waals surface area contributed by atoms with E-state index in [2.05, 4.69) is 26.1 Å². The number of nitrogens with zero attached hydrogens (tertiary/aromatic N) is 2. The lowest BCUT2D eigenvalue weighted by Crippen LogP contribution is -1.89. The van der Waals surface area contributed by atoms with Gasteiger partial charge >= 0.3 is 0 Å². The number of hydrogen-bond acceptors (Lipinski definition) is 3. The Morgan fingerprint density at radius 2 is 2.19 bits per heavy atom. The van der Waals surface area contributed by atoms with Gasteiger partial charge in [0.05, 0.1) is 9.40 Å². The standard InChI is InChI=1S/C8H4BrF2N3O2/c9-5-2-3(14(15)16)1-4-6(5)12-13-7(4)8(10)11/h1-2,8H,(H,12,13). The second-order valence-corrected chi connectivity index (χ2v) is 3.87. The largest absolute Gasteiger partial charge is 0.280 e. The van der Waals surface area contributed by atoms with Crippen LogP contribution in [0.2, 0.25) is 0 Å². The van der Waals surface area contributed by atoms with E-state index in [9.17, 15) is 18.9 Å². The molecule has 1 aromatic heterocycles. The molecule has 5 nitrogen and oxygen atoms in total. The Morgan fingerprint density at radius 3 is 2.75 bits per heavy atom. The number of alkyl halides is 2. The molecule has 0 aliphatic heterocycles. The first-order chi connectivity index (χ1) is 7.50. The molecule has 1 N–H and O–H groups in total. The summed E-state index contributed by atoms with van der Waals surface area (Å²) in [4.78, 5) is 9.92. The third-order valence-electron chi connectivity index (χ3n) is 2.06. The van der Waals surface area contributed by atoms with Gasteiger partial charge in [-0.05, 0) is 15.9 Å². The Hall–Kier alpha value is -1.57. The van der Waals surface area contributed by atoms with Crippen molar-refractivity contribution in [2.75, 3.05) is 0 Å². The van der Waals surface area contributed by atoms with Crippen molar-refractivity contribution in [3.63, 3.8) is 0 Å². The molecule has 0 radical (unpaired) electrons. The number of nitro groups is 1. The molecule has 0 atom stereocenters. The first kappa shape index (κ1) is 10.9. The average Bonchev–Trinajstić information content (AvgIpc) is 2.61. The SMILES string of the molecule is O=[N+]([O-])c1cc(Br)c2n[nH]c(C(F)F)c2c1. The Balaban J connectivity index is 2.76. The lowest BCUT2D eigenvalue weighted by molar-refractivity contribution is -0.384. The Morgan fingerprint density at radius 1 is 1.50 bits per heavy atom. The lowest BCUT2D eigenvalue weighted by Gasteiger charge is -1.97. The smallest absolute Gasteiger partial charge is 0.275 e. The van der Waals surface area contributed by atoms with Gasteiger partial charge in [-0.3, -0.25) is 15.2 Å². The maximum atomic E-state index is 12.5. The fourth-order valence-electron chi connectivity index (χ4n) is 1.35. The summed E-state index contributed by atoms with van der Waals surface area (Å²) in [5.41, 5.74) is -0.428. The van der Waals surface area contributed by atoms with E-state index in [1.165, 1.54) is 6.07 Å². The number of non-ortho nitro benzene ring substituents is 1. The third kappa shape index (κ3) is 1.64. The number of aromatic nitrogens is 2. The van der Waals surface area contributed by atoms with Gasteiger partial charge in [0.25, 0.3) is 12.1 Å². The Bertz CT molecular complexity index is 570. The molecule has 2 aromatic rings. The molecule has 16 heavy (non-hydrogen) atoms. The van der Waals surface area contributed by atoms with Gasteiger partial charge in [0.2, 0.25) is 0 Å². The van der Waals surface area contributed by atoms with Crippen molar-refractivity contribution in [2.24, 2.45) is 0 Å². The molecule has 0 aliphatic rings. The molecule has 0 unspecified atom stereocenters. The summed E-state index contributed by atoms with van der Waals surface area (Å²) in [6.45, 7) is 0. The minimum absolute atomic E-state index is 0.0519. The average molecular weight is 292 g/mol. The first-order valence-corrected chi connectivity index (χ1v) is 4.90. The van der Waals surface area contributed by atoms with Crippen LogP contribution in [0.5, 0.6) is 0 Å². The van der Waals surface area contributed by atoms with Crippen LogP contribution in [0.3, 0.4) is 0 Å². The summed E-state index contributed by atoms with van der Waals surface area (Å²) < 4.78 is 25.4. The van der Waals surface area contributed by atoms with Crippen molar-refractivity contribution in [3.8, 4) is 0 Å². The number of H-pyrrole nitrogens is 1. The maximum absolute atomic E-state index is 12.5. The van der Waals surface area contributed by atoms with Gasteiger partial charge in [0, 0.05) is 17.5 Å². The highest BCUT2D eigenvalue weighted by molar-refractivity contribution is 9.10. The summed E-state index contributed by atoms with van der Waals surface area (Å²) in [7, 11) is 0. The molecular weight excluding hydrogens is 288 g/mol. The zero-order chi connectivity index (χ0) is 11.9. The number of fused-ring (bicyclic) bond motifs is 1. The van der Waals surface area contributed by atoms with Gasteiger partial charge in [-0.2, -0.15) is 5.10 Å². The predicted octanol–water partition coefficient (Wildman–Crippen LogP) is 3.17. The summed E-state index contributed by atoms with van der Waals surface area (Å²) in [6, 6.07) is 2.30. The van der Waals surface area contributed by atoms with Crippen LogP contribution in [0.4, 0.5) is 14.5 Å². The zero-order valence-electron chi connectivity index (χ0n) is 7.58. The first-order valence-electron chi connectivity index (χ1n) is 4.10. The summed E-state index contributed by atoms with van der Waals surface area (Å²) in [6.07, 6.45) is -2.75. The topological polar surface area (TPSA) is 71.8 Å². The second-order valence-electron chi connectivity index (χ2n) is 3.02. The van der Waals surface area contributed by atoms with Crippen molar-refractivity contribution >= 4 is 32.5 Å². The Labute approximate surface area is 95.7 Å². The van der Waals surface area contributed by atoms with Crippen LogP contribution in [0.15, 0.2) is 16.6 Å². The number of hydrogen-bond donors (Lipinski definition) is 1. The van der Waals surface area contributed by atoms with Crippen molar-refractivity contribution in [1.82, 2.24) is 10.2 Å². The summed E-state index contributed by atoms with van der Waals surface area (Å²) in [5, 5.41) is 16.5. The molecule has 8 heteroatoms. The molecule has 0 saturated carbocycles. The molecule has 1 heterocycles. The quantitative estimate of drug-likeness (QED) is 0.682. The van der Waals surface area contributed by atoms with E-state index in [0.29, 0.717) is 4.47 Å². The van der Waals surface area contributed by atoms with Gasteiger partial charge in [-0.25, -0.2) is 8.78 Å². The molecule has 2 rings (SSSR count). The number of halogens is 3. The maximum Gasteiger partial charge on any atom is 0.280 e. The van der Waals surface area contributed by atoms with E-state index in [1.54, 1.807) is 0 Å². The molecule has 0 fully saturated rings. The van der Waals surface area contributed by atoms with Crippen LogP contribution in [-0.2, 0) is 0 Å². The monoisotopic (exact) mass is 291 g/mol. The molecule has 0 aliphatic carbocycles. The molecule has 0 spiro atoms. The summed E-state index contributed by atoms with van der Waals surface area (Å²) in [5.74, 6) is 0. The van der Waals surface area contributed by atoms with E-state index < -0.39 is 17.0 Å². The van der Waals surface area contributed by atoms with Gasteiger partial charge in [0.15, 0.2) is 0 Å². The van der Waals surface area contributed by atoms with Gasteiger partial charge in [-0.1, -0.05) is 0 Å². The van der Waals surface area contributed by atoms with E-state index in [4.69, 9.17) is 0 Å². The highest BCUT2D eigenvalue weighted by Gasteiger charge is 2.19. The zero-order valence-corrected chi connectivity index (χ0v) is 9.16. The molecule has 84 valence electrons. The summed E-state index contributed by atoms with van der Waals surface area (Å²) >= 11 is 3.05. The Kier molecular flexibility index (Phi) is 2.58. The number of nitrogens with one attached hydrogen (secondary N) is 1. The number of rotatable bonds is 2. The highest BCUT2D eigenvalue weighted by atomic mass is 79.9. The fourth-order valence-corrected chi connectivity index (χ4v) is 1.89. The number of aromatic amines is 1. The molecular formula is C8H4BrF2N3O2. The van der Waals surface area contributed by atoms with Crippen LogP contribution >= 0.6 is 15.9 Å². The molecule has 0 saturated heterocycles. The fraction of sp³-hybridized carbons (Fsp3) is 0.125. The van der Waals surface area contributed by atoms with Crippen molar-refractivity contribution in [1.29, 1.82) is 0 Å². The van der Waals surface area contributed by atoms with E-state index in [1.807, 2.05) is 0 Å². The van der Waals surface area contributed by atoms with E-state index >= 15 is 0 Å². The third-order valence-corrected chi connectivity index (χ3v) is 2.66. The minimum Gasteiger partial charge on any atom is -0.275 e. The van der Waals surface area contributed by atoms with Crippen LogP contribution in [-0.4, -0.2) is 15.1 Å². The van der Waals surface area contributed by atoms with Crippen LogP contribution < -0.4 is 0 Å². The van der Waals surface area contributed by atoms with Crippen LogP contribution in [0.1, 0.15) is 12.1 Å². The molecule has 0 bridgehead atoms. The molecule has 1 aromatic carbocycles. The number of nitro benzene ring substituents is 1. The lowest BCUT2D eigenvalue weighted by atomic mass is 10.2. The van der Waals surface area contributed by atoms with Crippen molar-refractivity contribution < 1.29 is 13.7 Å². The van der Waals surface area contributed by atoms with Crippen LogP contribution in [0, 0.1) is 10.1 Å². The van der Waals surface area contributed by atoms with Gasteiger partial charge in [0.1, 0.15) is 11.2 Å². The number of benzene rings is 1. The van der Waals surface area contributed by atoms with Crippen LogP contribution in [0.25, 0.3) is 10.9 Å².